The number of carbonyl (C=O) groups excluding carboxylic acids is 5. The monoisotopic (exact) mass is 583 g/mol. The van der Waals surface area contributed by atoms with Gasteiger partial charge in [0.05, 0.1) is 18.5 Å². The average Bonchev–Trinajstić information content (AvgIpc) is 3.47. The molecule has 2 aromatic rings. The van der Waals surface area contributed by atoms with Gasteiger partial charge in [-0.1, -0.05) is 67.1 Å². The van der Waals surface area contributed by atoms with Crippen molar-refractivity contribution in [2.75, 3.05) is 18.2 Å². The number of alkyl carbamates (subject to hydrolysis) is 1. The first-order valence-corrected chi connectivity index (χ1v) is 14.8. The maximum Gasteiger partial charge on any atom is 0.408 e. The number of rotatable bonds is 14. The first-order valence-electron chi connectivity index (χ1n) is 13.7. The van der Waals surface area contributed by atoms with E-state index < -0.39 is 54.4 Å². The minimum absolute atomic E-state index is 0.0550. The molecule has 1 aliphatic heterocycles. The highest BCUT2D eigenvalue weighted by molar-refractivity contribution is 7.99. The molecule has 3 amide bonds. The van der Waals surface area contributed by atoms with Crippen LogP contribution in [0, 0.1) is 0 Å². The summed E-state index contributed by atoms with van der Waals surface area (Å²) < 4.78 is 10.2. The van der Waals surface area contributed by atoms with Crippen molar-refractivity contribution in [1.82, 2.24) is 15.5 Å². The Bertz CT molecular complexity index is 1180. The highest BCUT2D eigenvalue weighted by atomic mass is 32.2. The summed E-state index contributed by atoms with van der Waals surface area (Å²) in [6.45, 7) is 2.76. The fraction of sp³-hybridized carbons (Fsp3) is 0.433. The van der Waals surface area contributed by atoms with Gasteiger partial charge in [0.2, 0.25) is 11.8 Å². The maximum atomic E-state index is 13.6. The Balaban J connectivity index is 1.60. The summed E-state index contributed by atoms with van der Waals surface area (Å²) in [6, 6.07) is 17.4. The van der Waals surface area contributed by atoms with E-state index in [-0.39, 0.29) is 12.5 Å². The van der Waals surface area contributed by atoms with Gasteiger partial charge in [-0.3, -0.25) is 14.4 Å². The van der Waals surface area contributed by atoms with Crippen LogP contribution < -0.4 is 10.6 Å². The van der Waals surface area contributed by atoms with Crippen molar-refractivity contribution in [1.29, 1.82) is 0 Å². The van der Waals surface area contributed by atoms with Crippen molar-refractivity contribution >= 4 is 41.4 Å². The van der Waals surface area contributed by atoms with Crippen LogP contribution in [0.3, 0.4) is 0 Å². The molecule has 0 saturated carbocycles. The van der Waals surface area contributed by atoms with Crippen LogP contribution in [0.1, 0.15) is 44.2 Å². The van der Waals surface area contributed by atoms with E-state index in [0.29, 0.717) is 18.6 Å². The maximum absolute atomic E-state index is 13.6. The Morgan fingerprint density at radius 3 is 2.27 bits per heavy atom. The molecule has 0 spiro atoms. The van der Waals surface area contributed by atoms with E-state index in [4.69, 9.17) is 9.47 Å². The van der Waals surface area contributed by atoms with Gasteiger partial charge in [-0.05, 0) is 44.2 Å². The second kappa shape index (κ2) is 16.4. The number of nitrogens with one attached hydrogen (secondary N) is 2. The van der Waals surface area contributed by atoms with Gasteiger partial charge in [-0.25, -0.2) is 9.59 Å². The van der Waals surface area contributed by atoms with Crippen LogP contribution in [0.4, 0.5) is 4.79 Å². The third-order valence-corrected chi connectivity index (χ3v) is 7.33. The molecule has 1 unspecified atom stereocenters. The number of benzene rings is 2. The van der Waals surface area contributed by atoms with Gasteiger partial charge >= 0.3 is 12.1 Å². The van der Waals surface area contributed by atoms with Crippen LogP contribution >= 0.6 is 11.8 Å². The molecule has 1 heterocycles. The van der Waals surface area contributed by atoms with Gasteiger partial charge in [0.15, 0.2) is 0 Å². The molecule has 0 bridgehead atoms. The quantitative estimate of drug-likeness (QED) is 0.197. The number of carbonyl (C=O) groups is 5. The largest absolute Gasteiger partial charge is 0.457 e. The number of ether oxygens (including phenoxy) is 2. The number of hydrogen-bond donors (Lipinski definition) is 2. The van der Waals surface area contributed by atoms with Gasteiger partial charge in [0.25, 0.3) is 5.78 Å². The first-order chi connectivity index (χ1) is 19.7. The van der Waals surface area contributed by atoms with E-state index in [1.165, 1.54) is 22.2 Å². The summed E-state index contributed by atoms with van der Waals surface area (Å²) in [6.07, 6.45) is 1.48. The van der Waals surface area contributed by atoms with E-state index in [0.717, 1.165) is 18.4 Å². The first kappa shape index (κ1) is 31.7. The van der Waals surface area contributed by atoms with Crippen molar-refractivity contribution in [3.05, 3.63) is 71.8 Å². The lowest BCUT2D eigenvalue weighted by atomic mass is 10.0. The standard InChI is InChI=1S/C30H37N3O7S/c1-21(2)40-29(37)26(34)17-31-27(35)25-19-41-20-33(25)28(36)24(16-10-9-13-22-11-5-3-6-12-22)32-30(38)39-18-23-14-7-4-8-15-23/h3-8,11-12,14-15,21,24-25H,9-10,13,16-20H2,1-2H3,(H,31,35)(H,32,38)/t24?,25-/m0/s1. The van der Waals surface area contributed by atoms with Crippen molar-refractivity contribution in [2.24, 2.45) is 0 Å². The van der Waals surface area contributed by atoms with Crippen LogP contribution in [0.15, 0.2) is 60.7 Å². The number of unbranched alkanes of at least 4 members (excludes halogenated alkanes) is 1. The Kier molecular flexibility index (Phi) is 12.7. The molecule has 11 heteroatoms. The minimum Gasteiger partial charge on any atom is -0.457 e. The normalized spacial score (nSPS) is 15.2. The summed E-state index contributed by atoms with van der Waals surface area (Å²) in [4.78, 5) is 64.4. The molecule has 3 rings (SSSR count). The van der Waals surface area contributed by atoms with Crippen LogP contribution in [0.5, 0.6) is 0 Å². The van der Waals surface area contributed by atoms with E-state index >= 15 is 0 Å². The molecular formula is C30H37N3O7S. The summed E-state index contributed by atoms with van der Waals surface area (Å²) in [5, 5.41) is 5.14. The van der Waals surface area contributed by atoms with Crippen molar-refractivity contribution < 1.29 is 33.4 Å². The third kappa shape index (κ3) is 10.6. The Morgan fingerprint density at radius 2 is 1.61 bits per heavy atom. The summed E-state index contributed by atoms with van der Waals surface area (Å²) in [5.41, 5.74) is 2.00. The molecule has 220 valence electrons. The number of Topliss-reactive ketones (excluding diaryl/α,β-unsaturated/α-hetero) is 1. The molecule has 2 atom stereocenters. The number of nitrogens with zero attached hydrogens (tertiary/aromatic N) is 1. The van der Waals surface area contributed by atoms with Gasteiger partial charge < -0.3 is 25.0 Å². The van der Waals surface area contributed by atoms with E-state index in [2.05, 4.69) is 10.6 Å². The highest BCUT2D eigenvalue weighted by Gasteiger charge is 2.38. The van der Waals surface area contributed by atoms with Crippen LogP contribution in [0.2, 0.25) is 0 Å². The lowest BCUT2D eigenvalue weighted by Crippen LogP contribution is -2.54. The van der Waals surface area contributed by atoms with Gasteiger partial charge in [-0.2, -0.15) is 0 Å². The molecule has 0 radical (unpaired) electrons. The van der Waals surface area contributed by atoms with Crippen molar-refractivity contribution in [2.45, 2.75) is 64.3 Å². The third-order valence-electron chi connectivity index (χ3n) is 6.32. The summed E-state index contributed by atoms with van der Waals surface area (Å²) >= 11 is 1.39. The SMILES string of the molecule is CC(C)OC(=O)C(=O)CNC(=O)[C@@H]1CSCN1C(=O)C(CCCCc1ccccc1)NC(=O)OCc1ccccc1. The Morgan fingerprint density at radius 1 is 0.951 bits per heavy atom. The lowest BCUT2D eigenvalue weighted by molar-refractivity contribution is -0.156. The summed E-state index contributed by atoms with van der Waals surface area (Å²) in [7, 11) is 0. The number of ketones is 1. The molecule has 0 aromatic heterocycles. The smallest absolute Gasteiger partial charge is 0.408 e. The van der Waals surface area contributed by atoms with E-state index in [1.54, 1.807) is 13.8 Å². The van der Waals surface area contributed by atoms with E-state index in [1.807, 2.05) is 60.7 Å². The van der Waals surface area contributed by atoms with E-state index in [9.17, 15) is 24.0 Å². The predicted octanol–water partition coefficient (Wildman–Crippen LogP) is 3.23. The lowest BCUT2D eigenvalue weighted by Gasteiger charge is -2.28. The number of hydrogen-bond acceptors (Lipinski definition) is 8. The van der Waals surface area contributed by atoms with Crippen molar-refractivity contribution in [3.8, 4) is 0 Å². The second-order valence-electron chi connectivity index (χ2n) is 9.91. The zero-order valence-corrected chi connectivity index (χ0v) is 24.2. The predicted molar refractivity (Wildman–Crippen MR) is 155 cm³/mol. The highest BCUT2D eigenvalue weighted by Crippen LogP contribution is 2.23. The number of aryl methyl sites for hydroxylation is 1. The number of amides is 3. The topological polar surface area (TPSA) is 131 Å². The average molecular weight is 584 g/mol. The fourth-order valence-electron chi connectivity index (χ4n) is 4.20. The zero-order chi connectivity index (χ0) is 29.6. The molecule has 41 heavy (non-hydrogen) atoms. The molecule has 1 aliphatic rings. The molecule has 0 aliphatic carbocycles. The molecule has 1 saturated heterocycles. The van der Waals surface area contributed by atoms with Crippen molar-refractivity contribution in [3.63, 3.8) is 0 Å². The van der Waals surface area contributed by atoms with Crippen LogP contribution in [-0.4, -0.2) is 70.9 Å². The Hall–Kier alpha value is -3.86. The number of esters is 1. The number of thioether (sulfide) groups is 1. The Labute approximate surface area is 244 Å². The fourth-order valence-corrected chi connectivity index (χ4v) is 5.36. The molecule has 2 N–H and O–H groups in total. The molecular weight excluding hydrogens is 546 g/mol. The van der Waals surface area contributed by atoms with Crippen LogP contribution in [-0.2, 0) is 41.7 Å². The molecule has 2 aromatic carbocycles. The second-order valence-corrected chi connectivity index (χ2v) is 10.9. The summed E-state index contributed by atoms with van der Waals surface area (Å²) in [5.74, 6) is -2.29. The zero-order valence-electron chi connectivity index (χ0n) is 23.4. The minimum atomic E-state index is -1.03. The van der Waals surface area contributed by atoms with Crippen LogP contribution in [0.25, 0.3) is 0 Å². The molecule has 10 nitrogen and oxygen atoms in total. The van der Waals surface area contributed by atoms with Gasteiger partial charge in [-0.15, -0.1) is 11.8 Å². The van der Waals surface area contributed by atoms with Gasteiger partial charge in [0, 0.05) is 5.75 Å². The van der Waals surface area contributed by atoms with Gasteiger partial charge in [0.1, 0.15) is 18.7 Å². The molecule has 1 fully saturated rings.